The number of nitriles is 1. The minimum absolute atomic E-state index is 0.0706. The van der Waals surface area contributed by atoms with E-state index in [1.807, 2.05) is 24.3 Å². The summed E-state index contributed by atoms with van der Waals surface area (Å²) in [5.41, 5.74) is 1.86. The van der Waals surface area contributed by atoms with Crippen molar-refractivity contribution in [3.8, 4) is 6.07 Å². The summed E-state index contributed by atoms with van der Waals surface area (Å²) in [5.74, 6) is -0.682. The van der Waals surface area contributed by atoms with Crippen LogP contribution in [0, 0.1) is 23.2 Å². The van der Waals surface area contributed by atoms with Crippen LogP contribution in [0.4, 0.5) is 51.1 Å². The van der Waals surface area contributed by atoms with Gasteiger partial charge in [-0.1, -0.05) is 0 Å². The van der Waals surface area contributed by atoms with Crippen molar-refractivity contribution in [3.63, 3.8) is 0 Å². The van der Waals surface area contributed by atoms with Crippen LogP contribution in [-0.2, 0) is 23.9 Å². The first-order chi connectivity index (χ1) is 28.9. The second-order valence-corrected chi connectivity index (χ2v) is 15.6. The molecule has 4 aliphatic rings. The molecule has 4 amide bonds. The van der Waals surface area contributed by atoms with Gasteiger partial charge in [-0.2, -0.15) is 22.8 Å². The highest BCUT2D eigenvalue weighted by molar-refractivity contribution is 6.05. The monoisotopic (exact) mass is 825 g/mol. The van der Waals surface area contributed by atoms with Gasteiger partial charge in [-0.05, 0) is 92.6 Å². The van der Waals surface area contributed by atoms with Crippen molar-refractivity contribution < 1.29 is 31.9 Å². The van der Waals surface area contributed by atoms with Crippen LogP contribution in [0.25, 0.3) is 0 Å². The number of carbonyl (C=O) groups is 3. The minimum atomic E-state index is -4.67. The minimum Gasteiger partial charge on any atom is -0.369 e. The third-order valence-corrected chi connectivity index (χ3v) is 11.8. The van der Waals surface area contributed by atoms with E-state index < -0.39 is 35.2 Å². The molecular weight excluding hydrogens is 783 g/mol. The van der Waals surface area contributed by atoms with Crippen molar-refractivity contribution in [2.24, 2.45) is 5.92 Å². The molecule has 312 valence electrons. The number of fused-ring (bicyclic) bond motifs is 1. The predicted octanol–water partition coefficient (Wildman–Crippen LogP) is 5.76. The lowest BCUT2D eigenvalue weighted by atomic mass is 9.85. The van der Waals surface area contributed by atoms with Crippen LogP contribution < -0.4 is 30.7 Å². The van der Waals surface area contributed by atoms with Crippen LogP contribution in [-0.4, -0.2) is 89.6 Å². The van der Waals surface area contributed by atoms with Crippen LogP contribution in [0.15, 0.2) is 60.9 Å². The fraction of sp³-hybridized carbons (Fsp3) is 0.405. The summed E-state index contributed by atoms with van der Waals surface area (Å²) in [7, 11) is 0. The number of benzene rings is 2. The van der Waals surface area contributed by atoms with Crippen molar-refractivity contribution in [2.45, 2.75) is 57.3 Å². The molecule has 14 nitrogen and oxygen atoms in total. The Morgan fingerprint density at radius 2 is 1.60 bits per heavy atom. The molecule has 0 unspecified atom stereocenters. The maximum absolute atomic E-state index is 15.3. The molecule has 8 rings (SSSR count). The van der Waals surface area contributed by atoms with E-state index in [0.29, 0.717) is 42.6 Å². The molecule has 2 saturated heterocycles. The first-order valence-electron chi connectivity index (χ1n) is 20.0. The lowest BCUT2D eigenvalue weighted by molar-refractivity contribution is -0.137. The third-order valence-electron chi connectivity index (χ3n) is 11.8. The molecule has 0 bridgehead atoms. The summed E-state index contributed by atoms with van der Waals surface area (Å²) in [6, 6.07) is 15.5. The van der Waals surface area contributed by atoms with E-state index in [4.69, 9.17) is 5.26 Å². The van der Waals surface area contributed by atoms with Crippen LogP contribution in [0.3, 0.4) is 0 Å². The van der Waals surface area contributed by atoms with Gasteiger partial charge in [-0.15, -0.1) is 0 Å². The number of hydrogen-bond donors (Lipinski definition) is 3. The number of halogens is 4. The number of carbonyl (C=O) groups excluding carboxylic acids is 3. The van der Waals surface area contributed by atoms with Gasteiger partial charge in [0.2, 0.25) is 11.9 Å². The van der Waals surface area contributed by atoms with Crippen molar-refractivity contribution in [2.75, 3.05) is 65.8 Å². The van der Waals surface area contributed by atoms with Gasteiger partial charge in [-0.3, -0.25) is 24.7 Å². The van der Waals surface area contributed by atoms with Crippen LogP contribution >= 0.6 is 0 Å². The molecule has 60 heavy (non-hydrogen) atoms. The van der Waals surface area contributed by atoms with Gasteiger partial charge < -0.3 is 20.4 Å². The van der Waals surface area contributed by atoms with E-state index in [-0.39, 0.29) is 36.3 Å². The number of urea groups is 1. The smallest absolute Gasteiger partial charge is 0.369 e. The second kappa shape index (κ2) is 17.1. The van der Waals surface area contributed by atoms with E-state index in [0.717, 1.165) is 87.5 Å². The molecule has 0 radical (unpaired) electrons. The molecule has 3 N–H and O–H groups in total. The highest BCUT2D eigenvalue weighted by atomic mass is 19.4. The largest absolute Gasteiger partial charge is 0.417 e. The molecule has 18 heteroatoms. The molecule has 3 aliphatic heterocycles. The van der Waals surface area contributed by atoms with Crippen LogP contribution in [0.5, 0.6) is 0 Å². The van der Waals surface area contributed by atoms with Gasteiger partial charge in [0.05, 0.1) is 35.0 Å². The number of anilines is 5. The Labute approximate surface area is 343 Å². The number of aromatic nitrogens is 3. The zero-order valence-electron chi connectivity index (χ0n) is 32.6. The fourth-order valence-electron chi connectivity index (χ4n) is 8.50. The number of imide groups is 1. The third kappa shape index (κ3) is 8.95. The predicted molar refractivity (Wildman–Crippen MR) is 214 cm³/mol. The number of nitrogens with zero attached hydrogens (tertiary/aromatic N) is 8. The number of nitrogens with one attached hydrogen (secondary N) is 3. The zero-order chi connectivity index (χ0) is 42.0. The fourth-order valence-corrected chi connectivity index (χ4v) is 8.50. The Kier molecular flexibility index (Phi) is 11.5. The average Bonchev–Trinajstić information content (AvgIpc) is 3.24. The van der Waals surface area contributed by atoms with Gasteiger partial charge in [0.15, 0.2) is 0 Å². The number of amides is 4. The Morgan fingerprint density at radius 1 is 0.867 bits per heavy atom. The molecular formula is C42H43F4N11O3. The molecule has 2 aromatic heterocycles. The van der Waals surface area contributed by atoms with Gasteiger partial charge in [0.1, 0.15) is 18.0 Å². The van der Waals surface area contributed by atoms with E-state index in [1.54, 1.807) is 15.9 Å². The highest BCUT2D eigenvalue weighted by Gasteiger charge is 2.35. The summed E-state index contributed by atoms with van der Waals surface area (Å²) in [6.07, 6.45) is 0.804. The number of piperazine rings is 1. The van der Waals surface area contributed by atoms with E-state index in [2.05, 4.69) is 40.7 Å². The first kappa shape index (κ1) is 40.4. The quantitative estimate of drug-likeness (QED) is 0.139. The standard InChI is InChI=1S/C42H43F4N11O3/c43-38-33(11-12-36(51-38)52-39-32-13-15-56(24-35(32)48-25-49-39)31-6-3-27(22-47)34(21-31)42(44,45)46)40(59)50-28-4-1-26(2-5-28)23-54-17-19-55(20-18-54)29-7-9-30(10-8-29)57-16-14-37(58)53-41(57)60/h3,6-12,21,25-26,28H,1-2,4-5,13-20,23-24H2,(H,50,59)(H,53,58,60)(H,48,49,51,52)/t26-,28+. The molecule has 0 spiro atoms. The van der Waals surface area contributed by atoms with Crippen molar-refractivity contribution in [3.05, 3.63) is 94.8 Å². The molecule has 4 aromatic rings. The van der Waals surface area contributed by atoms with Gasteiger partial charge in [0.25, 0.3) is 5.91 Å². The van der Waals surface area contributed by atoms with Crippen molar-refractivity contribution >= 4 is 46.5 Å². The van der Waals surface area contributed by atoms with Crippen LogP contribution in [0.1, 0.15) is 64.8 Å². The number of rotatable bonds is 9. The number of pyridine rings is 1. The van der Waals surface area contributed by atoms with E-state index in [9.17, 15) is 27.6 Å². The SMILES string of the molecule is N#Cc1ccc(N2CCc3c(ncnc3Nc3ccc(C(=O)N[C@H]4CC[C@@H](CN5CCN(c6ccc(N7CCC(=O)NC7=O)cc6)CC5)CC4)c(F)n3)C2)cc1C(F)(F)F. The Bertz CT molecular complexity index is 2300. The van der Waals surface area contributed by atoms with E-state index >= 15 is 4.39 Å². The van der Waals surface area contributed by atoms with Crippen LogP contribution in [0.2, 0.25) is 0 Å². The topological polar surface area (TPSA) is 163 Å². The number of alkyl halides is 3. The number of hydrogen-bond acceptors (Lipinski definition) is 11. The molecule has 1 saturated carbocycles. The van der Waals surface area contributed by atoms with Gasteiger partial charge >= 0.3 is 12.2 Å². The summed E-state index contributed by atoms with van der Waals surface area (Å²) >= 11 is 0. The summed E-state index contributed by atoms with van der Waals surface area (Å²) in [4.78, 5) is 57.6. The average molecular weight is 826 g/mol. The summed E-state index contributed by atoms with van der Waals surface area (Å²) < 4.78 is 56.1. The molecule has 5 heterocycles. The Balaban J connectivity index is 0.789. The molecule has 3 fully saturated rings. The zero-order valence-corrected chi connectivity index (χ0v) is 32.6. The molecule has 1 aliphatic carbocycles. The normalized spacial score (nSPS) is 19.9. The van der Waals surface area contributed by atoms with Gasteiger partial charge in [-0.25, -0.2) is 19.7 Å². The maximum atomic E-state index is 15.3. The van der Waals surface area contributed by atoms with E-state index in [1.165, 1.54) is 24.5 Å². The molecule has 2 aromatic carbocycles. The first-order valence-corrected chi connectivity index (χ1v) is 20.0. The van der Waals surface area contributed by atoms with Crippen molar-refractivity contribution in [1.82, 2.24) is 30.5 Å². The Hall–Kier alpha value is -6.35. The highest BCUT2D eigenvalue weighted by Crippen LogP contribution is 2.36. The lowest BCUT2D eigenvalue weighted by Gasteiger charge is -2.39. The van der Waals surface area contributed by atoms with Gasteiger partial charge in [0, 0.05) is 80.9 Å². The maximum Gasteiger partial charge on any atom is 0.417 e. The Morgan fingerprint density at radius 3 is 2.30 bits per heavy atom. The summed E-state index contributed by atoms with van der Waals surface area (Å²) in [6.45, 7) is 5.53. The molecule has 0 atom stereocenters. The lowest BCUT2D eigenvalue weighted by Crippen LogP contribution is -2.49. The second-order valence-electron chi connectivity index (χ2n) is 15.6. The van der Waals surface area contributed by atoms with Crippen molar-refractivity contribution in [1.29, 1.82) is 5.26 Å². The summed E-state index contributed by atoms with van der Waals surface area (Å²) in [5, 5.41) is 17.5.